The SMILES string of the molecule is CC1CCC(C)(NS(=O)(=O)CC2CN(S(C)(=O)=O)C2)CC1. The first-order chi connectivity index (χ1) is 9.49. The molecule has 0 aromatic rings. The monoisotopic (exact) mass is 338 g/mol. The van der Waals surface area contributed by atoms with Crippen LogP contribution in [0.3, 0.4) is 0 Å². The zero-order valence-corrected chi connectivity index (χ0v) is 14.6. The van der Waals surface area contributed by atoms with Gasteiger partial charge < -0.3 is 0 Å². The lowest BCUT2D eigenvalue weighted by atomic mass is 9.79. The molecular weight excluding hydrogens is 312 g/mol. The van der Waals surface area contributed by atoms with Crippen LogP contribution in [-0.2, 0) is 20.0 Å². The molecular formula is C13H26N2O4S2. The van der Waals surface area contributed by atoms with Gasteiger partial charge in [-0.05, 0) is 38.5 Å². The zero-order chi connectivity index (χ0) is 15.9. The molecule has 1 aliphatic carbocycles. The Balaban J connectivity index is 1.86. The summed E-state index contributed by atoms with van der Waals surface area (Å²) in [6.07, 6.45) is 4.98. The second kappa shape index (κ2) is 5.79. The van der Waals surface area contributed by atoms with Crippen molar-refractivity contribution in [1.29, 1.82) is 0 Å². The van der Waals surface area contributed by atoms with E-state index in [2.05, 4.69) is 11.6 Å². The molecule has 0 bridgehead atoms. The molecule has 0 spiro atoms. The van der Waals surface area contributed by atoms with Crippen molar-refractivity contribution in [3.05, 3.63) is 0 Å². The molecule has 6 nitrogen and oxygen atoms in total. The molecule has 21 heavy (non-hydrogen) atoms. The smallest absolute Gasteiger partial charge is 0.212 e. The lowest BCUT2D eigenvalue weighted by Crippen LogP contribution is -2.55. The van der Waals surface area contributed by atoms with Gasteiger partial charge in [0.1, 0.15) is 0 Å². The van der Waals surface area contributed by atoms with E-state index in [0.29, 0.717) is 19.0 Å². The Hall–Kier alpha value is -0.180. The molecule has 1 N–H and O–H groups in total. The number of rotatable bonds is 5. The second-order valence-corrected chi connectivity index (χ2v) is 10.8. The van der Waals surface area contributed by atoms with Gasteiger partial charge in [0, 0.05) is 24.5 Å². The number of hydrogen-bond donors (Lipinski definition) is 1. The van der Waals surface area contributed by atoms with E-state index < -0.39 is 20.0 Å². The van der Waals surface area contributed by atoms with E-state index >= 15 is 0 Å². The van der Waals surface area contributed by atoms with Crippen LogP contribution in [0.2, 0.25) is 0 Å². The summed E-state index contributed by atoms with van der Waals surface area (Å²) in [5.74, 6) is 0.588. The maximum atomic E-state index is 12.3. The first kappa shape index (κ1) is 17.2. The molecule has 1 aliphatic heterocycles. The third-order valence-corrected chi connectivity index (χ3v) is 7.58. The van der Waals surface area contributed by atoms with Crippen LogP contribution in [0.4, 0.5) is 0 Å². The van der Waals surface area contributed by atoms with Crippen molar-refractivity contribution in [3.8, 4) is 0 Å². The molecule has 0 aromatic heterocycles. The summed E-state index contributed by atoms with van der Waals surface area (Å²) >= 11 is 0. The third kappa shape index (κ3) is 4.64. The van der Waals surface area contributed by atoms with Crippen molar-refractivity contribution in [1.82, 2.24) is 9.03 Å². The fourth-order valence-corrected chi connectivity index (χ4v) is 5.96. The summed E-state index contributed by atoms with van der Waals surface area (Å²) in [7, 11) is -6.54. The van der Waals surface area contributed by atoms with Gasteiger partial charge in [0.25, 0.3) is 0 Å². The summed E-state index contributed by atoms with van der Waals surface area (Å²) in [6.45, 7) is 4.79. The number of hydrogen-bond acceptors (Lipinski definition) is 4. The lowest BCUT2D eigenvalue weighted by molar-refractivity contribution is 0.217. The van der Waals surface area contributed by atoms with E-state index in [0.717, 1.165) is 31.9 Å². The molecule has 2 rings (SSSR count). The van der Waals surface area contributed by atoms with Crippen LogP contribution in [0.15, 0.2) is 0 Å². The molecule has 0 aromatic carbocycles. The van der Waals surface area contributed by atoms with E-state index in [1.54, 1.807) is 0 Å². The van der Waals surface area contributed by atoms with Gasteiger partial charge in [-0.2, -0.15) is 0 Å². The van der Waals surface area contributed by atoms with Crippen molar-refractivity contribution in [2.75, 3.05) is 25.1 Å². The summed E-state index contributed by atoms with van der Waals surface area (Å²) in [5, 5.41) is 0. The standard InChI is InChI=1S/C13H26N2O4S2/c1-11-4-6-13(2,7-5-11)14-21(18,19)10-12-8-15(9-12)20(3,16)17/h11-12,14H,4-10H2,1-3H3. The predicted octanol–water partition coefficient (Wildman–Crippen LogP) is 0.766. The Morgan fingerprint density at radius 2 is 1.67 bits per heavy atom. The molecule has 8 heteroatoms. The molecule has 2 aliphatic rings. The number of nitrogens with one attached hydrogen (secondary N) is 1. The fourth-order valence-electron chi connectivity index (χ4n) is 3.13. The Kier molecular flexibility index (Phi) is 4.74. The second-order valence-electron chi connectivity index (χ2n) is 7.07. The van der Waals surface area contributed by atoms with Crippen molar-refractivity contribution in [2.24, 2.45) is 11.8 Å². The molecule has 0 unspecified atom stereocenters. The van der Waals surface area contributed by atoms with Crippen LogP contribution in [-0.4, -0.2) is 51.8 Å². The molecule has 1 heterocycles. The van der Waals surface area contributed by atoms with Crippen LogP contribution in [0.25, 0.3) is 0 Å². The summed E-state index contributed by atoms with van der Waals surface area (Å²) < 4.78 is 51.3. The van der Waals surface area contributed by atoms with Crippen molar-refractivity contribution < 1.29 is 16.8 Å². The molecule has 1 saturated heterocycles. The average molecular weight is 338 g/mol. The van der Waals surface area contributed by atoms with Gasteiger partial charge in [-0.15, -0.1) is 0 Å². The van der Waals surface area contributed by atoms with Crippen LogP contribution in [0, 0.1) is 11.8 Å². The lowest BCUT2D eigenvalue weighted by Gasteiger charge is -2.39. The van der Waals surface area contributed by atoms with Crippen LogP contribution >= 0.6 is 0 Å². The predicted molar refractivity (Wildman–Crippen MR) is 82.9 cm³/mol. The van der Waals surface area contributed by atoms with E-state index in [9.17, 15) is 16.8 Å². The highest BCUT2D eigenvalue weighted by molar-refractivity contribution is 7.89. The minimum absolute atomic E-state index is 0.0180. The summed E-state index contributed by atoms with van der Waals surface area (Å²) in [4.78, 5) is 0. The Bertz CT molecular complexity index is 571. The first-order valence-corrected chi connectivity index (χ1v) is 11.0. The van der Waals surface area contributed by atoms with Gasteiger partial charge in [0.15, 0.2) is 0 Å². The van der Waals surface area contributed by atoms with Crippen LogP contribution < -0.4 is 4.72 Å². The van der Waals surface area contributed by atoms with Crippen LogP contribution in [0.5, 0.6) is 0 Å². The normalized spacial score (nSPS) is 32.8. The first-order valence-electron chi connectivity index (χ1n) is 7.46. The van der Waals surface area contributed by atoms with Crippen LogP contribution in [0.1, 0.15) is 39.5 Å². The fraction of sp³-hybridized carbons (Fsp3) is 1.00. The Labute approximate surface area is 128 Å². The molecule has 1 saturated carbocycles. The van der Waals surface area contributed by atoms with Crippen molar-refractivity contribution >= 4 is 20.0 Å². The molecule has 0 radical (unpaired) electrons. The summed E-state index contributed by atoms with van der Waals surface area (Å²) in [5.41, 5.74) is -0.342. The largest absolute Gasteiger partial charge is 0.213 e. The quantitative estimate of drug-likeness (QED) is 0.802. The summed E-state index contributed by atoms with van der Waals surface area (Å²) in [6, 6.07) is 0. The minimum atomic E-state index is -3.36. The highest BCUT2D eigenvalue weighted by atomic mass is 32.2. The van der Waals surface area contributed by atoms with Gasteiger partial charge in [-0.3, -0.25) is 0 Å². The average Bonchev–Trinajstić information content (AvgIpc) is 2.25. The van der Waals surface area contributed by atoms with Crippen molar-refractivity contribution in [3.63, 3.8) is 0 Å². The number of nitrogens with zero attached hydrogens (tertiary/aromatic N) is 1. The van der Waals surface area contributed by atoms with Gasteiger partial charge in [-0.1, -0.05) is 6.92 Å². The van der Waals surface area contributed by atoms with E-state index in [1.165, 1.54) is 4.31 Å². The van der Waals surface area contributed by atoms with E-state index in [-0.39, 0.29) is 17.2 Å². The highest BCUT2D eigenvalue weighted by Crippen LogP contribution is 2.32. The topological polar surface area (TPSA) is 83.6 Å². The molecule has 2 fully saturated rings. The highest BCUT2D eigenvalue weighted by Gasteiger charge is 2.39. The molecule has 124 valence electrons. The van der Waals surface area contributed by atoms with Gasteiger partial charge in [0.05, 0.1) is 12.0 Å². The van der Waals surface area contributed by atoms with Crippen molar-refractivity contribution in [2.45, 2.75) is 45.1 Å². The third-order valence-electron chi connectivity index (χ3n) is 4.63. The van der Waals surface area contributed by atoms with Gasteiger partial charge >= 0.3 is 0 Å². The van der Waals surface area contributed by atoms with Gasteiger partial charge in [0.2, 0.25) is 20.0 Å². The van der Waals surface area contributed by atoms with Gasteiger partial charge in [-0.25, -0.2) is 25.9 Å². The van der Waals surface area contributed by atoms with E-state index in [4.69, 9.17) is 0 Å². The maximum absolute atomic E-state index is 12.3. The molecule has 0 atom stereocenters. The van der Waals surface area contributed by atoms with E-state index in [1.807, 2.05) is 6.92 Å². The Morgan fingerprint density at radius 1 is 1.14 bits per heavy atom. The Morgan fingerprint density at radius 3 is 2.14 bits per heavy atom. The number of sulfonamides is 2. The molecule has 0 amide bonds. The maximum Gasteiger partial charge on any atom is 0.212 e. The zero-order valence-electron chi connectivity index (χ0n) is 13.0. The minimum Gasteiger partial charge on any atom is -0.213 e.